The largest absolute Gasteiger partial charge is 0.380 e. The van der Waals surface area contributed by atoms with E-state index in [0.29, 0.717) is 18.2 Å². The van der Waals surface area contributed by atoms with E-state index in [2.05, 4.69) is 9.55 Å². The van der Waals surface area contributed by atoms with Crippen LogP contribution in [-0.4, -0.2) is 22.8 Å². The first-order valence-corrected chi connectivity index (χ1v) is 6.50. The number of halogens is 1. The number of nitrogens with zero attached hydrogens (tertiary/aromatic N) is 2. The highest BCUT2D eigenvalue weighted by molar-refractivity contribution is 6.31. The number of hydrogen-bond donors (Lipinski definition) is 1. The van der Waals surface area contributed by atoms with Crippen molar-refractivity contribution in [3.63, 3.8) is 0 Å². The van der Waals surface area contributed by atoms with Crippen LogP contribution in [0, 0.1) is 0 Å². The van der Waals surface area contributed by atoms with Crippen molar-refractivity contribution >= 4 is 22.6 Å². The number of benzene rings is 1. The molecular weight excluding hydrogens is 250 g/mol. The van der Waals surface area contributed by atoms with Crippen LogP contribution < -0.4 is 5.73 Å². The van der Waals surface area contributed by atoms with E-state index in [1.165, 1.54) is 0 Å². The Morgan fingerprint density at radius 3 is 2.94 bits per heavy atom. The molecule has 4 nitrogen and oxygen atoms in total. The normalized spacial score (nSPS) is 13.1. The third-order valence-corrected chi connectivity index (χ3v) is 3.05. The summed E-state index contributed by atoms with van der Waals surface area (Å²) in [5, 5.41) is 0.705. The molecule has 0 saturated carbocycles. The van der Waals surface area contributed by atoms with Gasteiger partial charge in [-0.1, -0.05) is 11.6 Å². The van der Waals surface area contributed by atoms with Crippen LogP contribution in [0.4, 0.5) is 0 Å². The van der Waals surface area contributed by atoms with Crippen LogP contribution in [0.3, 0.4) is 0 Å². The van der Waals surface area contributed by atoms with Gasteiger partial charge in [0.1, 0.15) is 5.82 Å². The number of fused-ring (bicyclic) bond motifs is 1. The lowest BCUT2D eigenvalue weighted by molar-refractivity contribution is 0.139. The Hall–Kier alpha value is -1.10. The molecule has 2 N–H and O–H groups in total. The van der Waals surface area contributed by atoms with Crippen LogP contribution in [0.15, 0.2) is 18.2 Å². The molecule has 18 heavy (non-hydrogen) atoms. The van der Waals surface area contributed by atoms with Gasteiger partial charge in [0.2, 0.25) is 0 Å². The fraction of sp³-hybridized carbons (Fsp3) is 0.462. The van der Waals surface area contributed by atoms with Gasteiger partial charge in [-0.25, -0.2) is 4.98 Å². The predicted octanol–water partition coefficient (Wildman–Crippen LogP) is 2.75. The molecule has 0 radical (unpaired) electrons. The zero-order chi connectivity index (χ0) is 13.1. The lowest BCUT2D eigenvalue weighted by Crippen LogP contribution is -2.16. The van der Waals surface area contributed by atoms with Crippen molar-refractivity contribution in [3.8, 4) is 0 Å². The van der Waals surface area contributed by atoms with E-state index < -0.39 is 0 Å². The van der Waals surface area contributed by atoms with Gasteiger partial charge in [-0.2, -0.15) is 0 Å². The molecule has 0 aliphatic rings. The van der Waals surface area contributed by atoms with E-state index in [0.717, 1.165) is 23.4 Å². The first-order chi connectivity index (χ1) is 8.63. The molecule has 0 fully saturated rings. The maximum atomic E-state index is 6.04. The molecule has 5 heteroatoms. The lowest BCUT2D eigenvalue weighted by atomic mass is 10.3. The van der Waals surface area contributed by atoms with Crippen molar-refractivity contribution in [1.82, 2.24) is 9.55 Å². The van der Waals surface area contributed by atoms with Crippen LogP contribution in [-0.2, 0) is 11.3 Å². The molecule has 1 aromatic heterocycles. The lowest BCUT2D eigenvalue weighted by Gasteiger charge is -2.11. The summed E-state index contributed by atoms with van der Waals surface area (Å²) < 4.78 is 7.48. The third kappa shape index (κ3) is 2.66. The summed E-state index contributed by atoms with van der Waals surface area (Å²) in [5.41, 5.74) is 7.89. The van der Waals surface area contributed by atoms with Crippen molar-refractivity contribution < 1.29 is 4.74 Å². The van der Waals surface area contributed by atoms with Gasteiger partial charge in [-0.05, 0) is 32.0 Å². The van der Waals surface area contributed by atoms with Gasteiger partial charge in [0.05, 0.1) is 23.7 Å². The van der Waals surface area contributed by atoms with Gasteiger partial charge in [0.15, 0.2) is 0 Å². The van der Waals surface area contributed by atoms with Crippen LogP contribution in [0.1, 0.15) is 25.7 Å². The Bertz CT molecular complexity index is 536. The van der Waals surface area contributed by atoms with Crippen molar-refractivity contribution in [2.24, 2.45) is 5.73 Å². The maximum Gasteiger partial charge on any atom is 0.126 e. The average Bonchev–Trinajstić information content (AvgIpc) is 2.68. The number of rotatable bonds is 5. The molecule has 0 amide bonds. The molecule has 2 rings (SSSR count). The zero-order valence-electron chi connectivity index (χ0n) is 10.7. The summed E-state index contributed by atoms with van der Waals surface area (Å²) in [7, 11) is 0. The number of hydrogen-bond acceptors (Lipinski definition) is 3. The topological polar surface area (TPSA) is 53.1 Å². The molecule has 1 unspecified atom stereocenters. The molecule has 0 aliphatic heterocycles. The van der Waals surface area contributed by atoms with E-state index in [9.17, 15) is 0 Å². The number of nitrogens with two attached hydrogens (primary N) is 1. The molecule has 1 aromatic carbocycles. The molecule has 0 saturated heterocycles. The van der Waals surface area contributed by atoms with E-state index in [4.69, 9.17) is 22.1 Å². The second-order valence-electron chi connectivity index (χ2n) is 4.24. The fourth-order valence-corrected chi connectivity index (χ4v) is 2.16. The first-order valence-electron chi connectivity index (χ1n) is 6.12. The van der Waals surface area contributed by atoms with Gasteiger partial charge >= 0.3 is 0 Å². The van der Waals surface area contributed by atoms with E-state index in [1.807, 2.05) is 32.0 Å². The number of imidazole rings is 1. The van der Waals surface area contributed by atoms with E-state index in [1.54, 1.807) is 0 Å². The van der Waals surface area contributed by atoms with Gasteiger partial charge in [0.25, 0.3) is 0 Å². The highest BCUT2D eigenvalue weighted by Crippen LogP contribution is 2.23. The van der Waals surface area contributed by atoms with Gasteiger partial charge < -0.3 is 15.0 Å². The molecule has 1 heterocycles. The third-order valence-electron chi connectivity index (χ3n) is 2.81. The Kier molecular flexibility index (Phi) is 4.22. The smallest absolute Gasteiger partial charge is 0.126 e. The predicted molar refractivity (Wildman–Crippen MR) is 73.8 cm³/mol. The molecular formula is C13H18ClN3O. The summed E-state index contributed by atoms with van der Waals surface area (Å²) in [6, 6.07) is 5.56. The fourth-order valence-electron chi connectivity index (χ4n) is 2.00. The quantitative estimate of drug-likeness (QED) is 0.848. The van der Waals surface area contributed by atoms with Gasteiger partial charge in [0, 0.05) is 18.2 Å². The molecule has 0 spiro atoms. The summed E-state index contributed by atoms with van der Waals surface area (Å²) in [4.78, 5) is 4.56. The van der Waals surface area contributed by atoms with E-state index >= 15 is 0 Å². The second kappa shape index (κ2) is 5.69. The zero-order valence-corrected chi connectivity index (χ0v) is 11.4. The van der Waals surface area contributed by atoms with Crippen molar-refractivity contribution in [1.29, 1.82) is 0 Å². The minimum atomic E-state index is -0.113. The van der Waals surface area contributed by atoms with Crippen LogP contribution in [0.25, 0.3) is 11.0 Å². The standard InChI is InChI=1S/C13H18ClN3O/c1-3-18-7-6-17-12-8-10(14)4-5-11(12)16-13(17)9(2)15/h4-5,8-9H,3,6-7,15H2,1-2H3. The highest BCUT2D eigenvalue weighted by Gasteiger charge is 2.13. The molecule has 98 valence electrons. The summed E-state index contributed by atoms with van der Waals surface area (Å²) in [5.74, 6) is 0.868. The first kappa shape index (κ1) is 13.3. The minimum absolute atomic E-state index is 0.113. The maximum absolute atomic E-state index is 6.04. The monoisotopic (exact) mass is 267 g/mol. The number of aromatic nitrogens is 2. The summed E-state index contributed by atoms with van der Waals surface area (Å²) in [6.45, 7) is 6.01. The Balaban J connectivity index is 2.43. The molecule has 0 aliphatic carbocycles. The molecule has 0 bridgehead atoms. The van der Waals surface area contributed by atoms with Gasteiger partial charge in [-0.3, -0.25) is 0 Å². The van der Waals surface area contributed by atoms with Crippen molar-refractivity contribution in [2.45, 2.75) is 26.4 Å². The Morgan fingerprint density at radius 2 is 2.28 bits per heavy atom. The van der Waals surface area contributed by atoms with E-state index in [-0.39, 0.29) is 6.04 Å². The average molecular weight is 268 g/mol. The van der Waals surface area contributed by atoms with Gasteiger partial charge in [-0.15, -0.1) is 0 Å². The summed E-state index contributed by atoms with van der Waals surface area (Å²) >= 11 is 6.04. The van der Waals surface area contributed by atoms with Crippen molar-refractivity contribution in [2.75, 3.05) is 13.2 Å². The van der Waals surface area contributed by atoms with Crippen molar-refractivity contribution in [3.05, 3.63) is 29.0 Å². The SMILES string of the molecule is CCOCCn1c(C(C)N)nc2ccc(Cl)cc21. The Labute approximate surface area is 112 Å². The number of ether oxygens (including phenoxy) is 1. The second-order valence-corrected chi connectivity index (χ2v) is 4.68. The molecule has 1 atom stereocenters. The van der Waals surface area contributed by atoms with Crippen LogP contribution in [0.5, 0.6) is 0 Å². The molecule has 2 aromatic rings. The highest BCUT2D eigenvalue weighted by atomic mass is 35.5. The van der Waals surface area contributed by atoms with Crippen LogP contribution in [0.2, 0.25) is 5.02 Å². The minimum Gasteiger partial charge on any atom is -0.380 e. The Morgan fingerprint density at radius 1 is 1.50 bits per heavy atom. The van der Waals surface area contributed by atoms with Crippen LogP contribution >= 0.6 is 11.6 Å². The summed E-state index contributed by atoms with van der Waals surface area (Å²) in [6.07, 6.45) is 0.